The van der Waals surface area contributed by atoms with Gasteiger partial charge in [-0.1, -0.05) is 61.7 Å². The van der Waals surface area contributed by atoms with E-state index in [4.69, 9.17) is 9.47 Å². The Morgan fingerprint density at radius 1 is 0.920 bits per heavy atom. The lowest BCUT2D eigenvalue weighted by Crippen LogP contribution is -2.30. The average molecular weight is 336 g/mol. The normalized spacial score (nSPS) is 12.3. The zero-order valence-electron chi connectivity index (χ0n) is 15.0. The molecule has 2 aromatic rings. The maximum atomic E-state index is 12.7. The fourth-order valence-electron chi connectivity index (χ4n) is 2.25. The van der Waals surface area contributed by atoms with Gasteiger partial charge >= 0.3 is 5.97 Å². The maximum Gasteiger partial charge on any atom is 0.345 e. The van der Waals surface area contributed by atoms with Gasteiger partial charge in [0.2, 0.25) is 0 Å². The molecule has 130 valence electrons. The Hall–Kier alpha value is -2.65. The lowest BCUT2D eigenvalue weighted by molar-refractivity contribution is -0.157. The van der Waals surface area contributed by atoms with E-state index in [1.807, 2.05) is 57.2 Å². The van der Waals surface area contributed by atoms with Crippen LogP contribution < -0.4 is 4.74 Å². The zero-order valence-corrected chi connectivity index (χ0v) is 15.0. The summed E-state index contributed by atoms with van der Waals surface area (Å²) in [7, 11) is 0. The third-order valence-corrected chi connectivity index (χ3v) is 3.49. The van der Waals surface area contributed by atoms with E-state index in [1.165, 1.54) is 0 Å². The third-order valence-electron chi connectivity index (χ3n) is 3.49. The zero-order chi connectivity index (χ0) is 18.4. The van der Waals surface area contributed by atoms with E-state index < -0.39 is 17.7 Å². The van der Waals surface area contributed by atoms with Crippen LogP contribution in [0, 0.1) is 0 Å². The fourth-order valence-corrected chi connectivity index (χ4v) is 2.25. The summed E-state index contributed by atoms with van der Waals surface area (Å²) in [5.41, 5.74) is 2.19. The maximum absolute atomic E-state index is 12.7. The third kappa shape index (κ3) is 5.44. The summed E-state index contributed by atoms with van der Waals surface area (Å²) in [6.07, 6.45) is 2.68. The number of carbonyl (C=O) groups excluding carboxylic acids is 1. The van der Waals surface area contributed by atoms with Gasteiger partial charge in [0.15, 0.2) is 6.10 Å². The molecule has 1 atom stereocenters. The number of benzene rings is 2. The highest BCUT2D eigenvalue weighted by Crippen LogP contribution is 2.27. The van der Waals surface area contributed by atoms with Gasteiger partial charge in [-0.2, -0.15) is 0 Å². The molecule has 0 spiro atoms. The molecule has 0 aliphatic carbocycles. The fraction of sp³-hybridized carbons (Fsp3) is 0.227. The molecule has 0 aliphatic rings. The van der Waals surface area contributed by atoms with Gasteiger partial charge in [-0.25, -0.2) is 4.79 Å². The second-order valence-corrected chi connectivity index (χ2v) is 6.68. The Bertz CT molecular complexity index is 734. The van der Waals surface area contributed by atoms with Gasteiger partial charge < -0.3 is 9.47 Å². The molecule has 0 fully saturated rings. The van der Waals surface area contributed by atoms with Gasteiger partial charge in [0.05, 0.1) is 5.60 Å². The molecule has 0 aromatic heterocycles. The number of rotatable bonds is 6. The number of hydrogen-bond acceptors (Lipinski definition) is 3. The van der Waals surface area contributed by atoms with E-state index in [0.717, 1.165) is 16.7 Å². The van der Waals surface area contributed by atoms with E-state index in [2.05, 4.69) is 13.2 Å². The lowest BCUT2D eigenvalue weighted by atomic mass is 10.1. The summed E-state index contributed by atoms with van der Waals surface area (Å²) in [6, 6.07) is 14.7. The van der Waals surface area contributed by atoms with E-state index in [9.17, 15) is 4.79 Å². The molecule has 0 saturated carbocycles. The molecule has 0 N–H and O–H groups in total. The van der Waals surface area contributed by atoms with Gasteiger partial charge in [0.1, 0.15) is 5.75 Å². The number of esters is 1. The largest absolute Gasteiger partial charge is 0.424 e. The van der Waals surface area contributed by atoms with Crippen LogP contribution in [0.15, 0.2) is 61.7 Å². The standard InChI is InChI=1S/C22H24O3/c1-6-16-8-12-18(13-9-16)20(25-22(3,4)5)21(23)24-19-14-10-17(7-2)11-15-19/h6-15,20H,1-2H2,3-5H3. The van der Waals surface area contributed by atoms with Crippen LogP contribution in [0.4, 0.5) is 0 Å². The van der Waals surface area contributed by atoms with Crippen molar-refractivity contribution in [1.82, 2.24) is 0 Å². The molecule has 0 amide bonds. The predicted molar refractivity (Wildman–Crippen MR) is 102 cm³/mol. The van der Waals surface area contributed by atoms with E-state index in [-0.39, 0.29) is 0 Å². The molecule has 3 heteroatoms. The topological polar surface area (TPSA) is 35.5 Å². The highest BCUT2D eigenvalue weighted by molar-refractivity contribution is 5.79. The Balaban J connectivity index is 2.24. The summed E-state index contributed by atoms with van der Waals surface area (Å²) < 4.78 is 11.5. The van der Waals surface area contributed by atoms with Crippen LogP contribution in [0.3, 0.4) is 0 Å². The first kappa shape index (κ1) is 18.7. The van der Waals surface area contributed by atoms with Crippen LogP contribution in [0.5, 0.6) is 5.75 Å². The molecule has 25 heavy (non-hydrogen) atoms. The second kappa shape index (κ2) is 7.95. The summed E-state index contributed by atoms with van der Waals surface area (Å²) in [5, 5.41) is 0. The highest BCUT2D eigenvalue weighted by atomic mass is 16.6. The molecule has 2 aromatic carbocycles. The van der Waals surface area contributed by atoms with Crippen LogP contribution in [0.2, 0.25) is 0 Å². The van der Waals surface area contributed by atoms with Crippen LogP contribution in [0.1, 0.15) is 43.6 Å². The highest BCUT2D eigenvalue weighted by Gasteiger charge is 2.28. The minimum atomic E-state index is -0.807. The smallest absolute Gasteiger partial charge is 0.345 e. The monoisotopic (exact) mass is 336 g/mol. The minimum Gasteiger partial charge on any atom is -0.424 e. The van der Waals surface area contributed by atoms with Crippen LogP contribution >= 0.6 is 0 Å². The first-order valence-electron chi connectivity index (χ1n) is 8.17. The van der Waals surface area contributed by atoms with Crippen molar-refractivity contribution in [1.29, 1.82) is 0 Å². The molecule has 0 aliphatic heterocycles. The summed E-state index contributed by atoms with van der Waals surface area (Å²) >= 11 is 0. The lowest BCUT2D eigenvalue weighted by Gasteiger charge is -2.26. The molecule has 0 bridgehead atoms. The SMILES string of the molecule is C=Cc1ccc(OC(=O)C(OC(C)(C)C)c2ccc(C=C)cc2)cc1. The molecule has 0 radical (unpaired) electrons. The molecule has 2 rings (SSSR count). The van der Waals surface area contributed by atoms with Gasteiger partial charge in [-0.15, -0.1) is 0 Å². The van der Waals surface area contributed by atoms with Crippen molar-refractivity contribution in [3.8, 4) is 5.75 Å². The molecule has 3 nitrogen and oxygen atoms in total. The van der Waals surface area contributed by atoms with Gasteiger partial charge in [0.25, 0.3) is 0 Å². The molecule has 1 unspecified atom stereocenters. The first-order valence-corrected chi connectivity index (χ1v) is 8.17. The minimum absolute atomic E-state index is 0.451. The van der Waals surface area contributed by atoms with Crippen molar-refractivity contribution in [2.45, 2.75) is 32.5 Å². The Morgan fingerprint density at radius 3 is 1.84 bits per heavy atom. The van der Waals surface area contributed by atoms with Crippen molar-refractivity contribution in [2.24, 2.45) is 0 Å². The quantitative estimate of drug-likeness (QED) is 0.521. The van der Waals surface area contributed by atoms with Crippen molar-refractivity contribution in [3.05, 3.63) is 78.4 Å². The van der Waals surface area contributed by atoms with Gasteiger partial charge in [0, 0.05) is 0 Å². The van der Waals surface area contributed by atoms with Crippen molar-refractivity contribution < 1.29 is 14.3 Å². The molecular weight excluding hydrogens is 312 g/mol. The van der Waals surface area contributed by atoms with Gasteiger partial charge in [-0.3, -0.25) is 0 Å². The summed E-state index contributed by atoms with van der Waals surface area (Å²) in [4.78, 5) is 12.7. The number of carbonyl (C=O) groups is 1. The van der Waals surface area contributed by atoms with Crippen molar-refractivity contribution in [3.63, 3.8) is 0 Å². The van der Waals surface area contributed by atoms with Crippen LogP contribution in [0.25, 0.3) is 12.2 Å². The molecular formula is C22H24O3. The number of ether oxygens (including phenoxy) is 2. The molecule has 0 saturated heterocycles. The number of hydrogen-bond donors (Lipinski definition) is 0. The van der Waals surface area contributed by atoms with Crippen LogP contribution in [-0.2, 0) is 9.53 Å². The Labute approximate surface area is 149 Å². The Kier molecular flexibility index (Phi) is 5.94. The molecule has 0 heterocycles. The van der Waals surface area contributed by atoms with Crippen molar-refractivity contribution in [2.75, 3.05) is 0 Å². The first-order chi connectivity index (χ1) is 11.8. The Morgan fingerprint density at radius 2 is 1.40 bits per heavy atom. The van der Waals surface area contributed by atoms with Gasteiger partial charge in [-0.05, 0) is 49.6 Å². The second-order valence-electron chi connectivity index (χ2n) is 6.68. The summed E-state index contributed by atoms with van der Waals surface area (Å²) in [6.45, 7) is 13.2. The predicted octanol–water partition coefficient (Wildman–Crippen LogP) is 5.43. The van der Waals surface area contributed by atoms with E-state index >= 15 is 0 Å². The van der Waals surface area contributed by atoms with Crippen molar-refractivity contribution >= 4 is 18.1 Å². The van der Waals surface area contributed by atoms with Crippen LogP contribution in [-0.4, -0.2) is 11.6 Å². The summed E-state index contributed by atoms with van der Waals surface area (Å²) in [5.74, 6) is 0.0217. The van der Waals surface area contributed by atoms with E-state index in [0.29, 0.717) is 5.75 Å². The average Bonchev–Trinajstić information content (AvgIpc) is 2.59. The van der Waals surface area contributed by atoms with E-state index in [1.54, 1.807) is 24.3 Å².